The molecule has 2 saturated heterocycles. The van der Waals surface area contributed by atoms with Gasteiger partial charge < -0.3 is 10.2 Å². The van der Waals surface area contributed by atoms with Crippen LogP contribution in [0.5, 0.6) is 0 Å². The molecule has 3 heteroatoms. The van der Waals surface area contributed by atoms with Crippen molar-refractivity contribution < 1.29 is 4.79 Å². The third-order valence-electron chi connectivity index (χ3n) is 3.96. The van der Waals surface area contributed by atoms with Gasteiger partial charge in [0, 0.05) is 19.5 Å². The van der Waals surface area contributed by atoms with E-state index in [1.807, 2.05) is 0 Å². The van der Waals surface area contributed by atoms with Gasteiger partial charge in [0.1, 0.15) is 0 Å². The Hall–Kier alpha value is -0.570. The maximum absolute atomic E-state index is 11.9. The second kappa shape index (κ2) is 3.23. The van der Waals surface area contributed by atoms with Gasteiger partial charge in [-0.3, -0.25) is 4.79 Å². The van der Waals surface area contributed by atoms with Gasteiger partial charge >= 0.3 is 0 Å². The second-order valence-electron chi connectivity index (χ2n) is 5.12. The molecular formula is C11H18N2O. The molecule has 1 saturated carbocycles. The molecule has 0 bridgehead atoms. The highest BCUT2D eigenvalue weighted by Crippen LogP contribution is 2.45. The Morgan fingerprint density at radius 1 is 1.36 bits per heavy atom. The second-order valence-corrected chi connectivity index (χ2v) is 5.12. The zero-order chi connectivity index (χ0) is 9.54. The average molecular weight is 194 g/mol. The molecule has 3 rings (SSSR count). The van der Waals surface area contributed by atoms with Gasteiger partial charge in [0.25, 0.3) is 0 Å². The van der Waals surface area contributed by atoms with Crippen molar-refractivity contribution in [3.05, 3.63) is 0 Å². The molecule has 0 spiro atoms. The zero-order valence-corrected chi connectivity index (χ0v) is 8.54. The molecule has 2 heterocycles. The van der Waals surface area contributed by atoms with Crippen molar-refractivity contribution in [2.45, 2.75) is 19.3 Å². The standard InChI is InChI=1S/C11H18N2O/c14-11(3-8-1-2-12-5-8)13-6-9-4-10(9)7-13/h8-10,12H,1-7H2. The van der Waals surface area contributed by atoms with Crippen molar-refractivity contribution >= 4 is 5.91 Å². The first-order valence-corrected chi connectivity index (χ1v) is 5.81. The summed E-state index contributed by atoms with van der Waals surface area (Å²) in [6, 6.07) is 0. The minimum absolute atomic E-state index is 0.408. The van der Waals surface area contributed by atoms with Crippen molar-refractivity contribution in [2.24, 2.45) is 17.8 Å². The van der Waals surface area contributed by atoms with Crippen molar-refractivity contribution in [1.82, 2.24) is 10.2 Å². The monoisotopic (exact) mass is 194 g/mol. The first kappa shape index (κ1) is 8.72. The number of carbonyl (C=O) groups is 1. The Morgan fingerprint density at radius 3 is 2.79 bits per heavy atom. The molecule has 1 aliphatic carbocycles. The molecule has 1 amide bonds. The van der Waals surface area contributed by atoms with Crippen LogP contribution in [0.25, 0.3) is 0 Å². The minimum Gasteiger partial charge on any atom is -0.342 e. The summed E-state index contributed by atoms with van der Waals surface area (Å²) in [6.07, 6.45) is 3.35. The van der Waals surface area contributed by atoms with E-state index in [-0.39, 0.29) is 0 Å². The molecule has 3 nitrogen and oxygen atoms in total. The van der Waals surface area contributed by atoms with Gasteiger partial charge in [-0.05, 0) is 43.7 Å². The number of fused-ring (bicyclic) bond motifs is 1. The Balaban J connectivity index is 1.50. The van der Waals surface area contributed by atoms with Gasteiger partial charge in [0.2, 0.25) is 5.91 Å². The van der Waals surface area contributed by atoms with Gasteiger partial charge in [-0.2, -0.15) is 0 Å². The van der Waals surface area contributed by atoms with E-state index in [1.54, 1.807) is 0 Å². The summed E-state index contributed by atoms with van der Waals surface area (Å²) in [5.74, 6) is 2.77. The van der Waals surface area contributed by atoms with E-state index in [1.165, 1.54) is 12.8 Å². The van der Waals surface area contributed by atoms with Crippen LogP contribution in [0.4, 0.5) is 0 Å². The highest BCUT2D eigenvalue weighted by Gasteiger charge is 2.46. The molecule has 14 heavy (non-hydrogen) atoms. The van der Waals surface area contributed by atoms with Gasteiger partial charge in [-0.1, -0.05) is 0 Å². The Bertz CT molecular complexity index is 238. The van der Waals surface area contributed by atoms with E-state index in [9.17, 15) is 4.79 Å². The van der Waals surface area contributed by atoms with Crippen LogP contribution >= 0.6 is 0 Å². The fraction of sp³-hybridized carbons (Fsp3) is 0.909. The Morgan fingerprint density at radius 2 is 2.14 bits per heavy atom. The van der Waals surface area contributed by atoms with Gasteiger partial charge in [0.15, 0.2) is 0 Å². The van der Waals surface area contributed by atoms with E-state index in [0.29, 0.717) is 11.8 Å². The number of carbonyl (C=O) groups excluding carboxylic acids is 1. The van der Waals surface area contributed by atoms with E-state index in [0.717, 1.165) is 44.4 Å². The lowest BCUT2D eigenvalue weighted by molar-refractivity contribution is -0.131. The summed E-state index contributed by atoms with van der Waals surface area (Å²) < 4.78 is 0. The van der Waals surface area contributed by atoms with Gasteiger partial charge in [-0.25, -0.2) is 0 Å². The van der Waals surface area contributed by atoms with Crippen LogP contribution in [-0.4, -0.2) is 37.0 Å². The lowest BCUT2D eigenvalue weighted by Crippen LogP contribution is -2.32. The van der Waals surface area contributed by atoms with Gasteiger partial charge in [-0.15, -0.1) is 0 Å². The fourth-order valence-electron chi connectivity index (χ4n) is 2.87. The molecule has 1 N–H and O–H groups in total. The predicted octanol–water partition coefficient (Wildman–Crippen LogP) is 0.464. The third-order valence-corrected chi connectivity index (χ3v) is 3.96. The molecule has 78 valence electrons. The number of piperidine rings is 1. The highest BCUT2D eigenvalue weighted by atomic mass is 16.2. The number of hydrogen-bond donors (Lipinski definition) is 1. The van der Waals surface area contributed by atoms with Gasteiger partial charge in [0.05, 0.1) is 0 Å². The third kappa shape index (κ3) is 1.54. The van der Waals surface area contributed by atoms with Crippen LogP contribution in [0.2, 0.25) is 0 Å². The zero-order valence-electron chi connectivity index (χ0n) is 8.54. The van der Waals surface area contributed by atoms with E-state index >= 15 is 0 Å². The fourth-order valence-corrected chi connectivity index (χ4v) is 2.87. The number of rotatable bonds is 2. The van der Waals surface area contributed by atoms with Crippen LogP contribution in [0.15, 0.2) is 0 Å². The number of hydrogen-bond acceptors (Lipinski definition) is 2. The molecular weight excluding hydrogens is 176 g/mol. The van der Waals surface area contributed by atoms with Crippen LogP contribution < -0.4 is 5.32 Å². The molecule has 3 atom stereocenters. The predicted molar refractivity (Wildman–Crippen MR) is 53.8 cm³/mol. The maximum atomic E-state index is 11.9. The molecule has 0 aromatic heterocycles. The quantitative estimate of drug-likeness (QED) is 0.693. The smallest absolute Gasteiger partial charge is 0.222 e. The topological polar surface area (TPSA) is 32.3 Å². The van der Waals surface area contributed by atoms with E-state index in [4.69, 9.17) is 0 Å². The minimum atomic E-state index is 0.408. The highest BCUT2D eigenvalue weighted by molar-refractivity contribution is 5.77. The van der Waals surface area contributed by atoms with Crippen LogP contribution in [0.3, 0.4) is 0 Å². The molecule has 2 aliphatic heterocycles. The number of nitrogens with zero attached hydrogens (tertiary/aromatic N) is 1. The molecule has 3 unspecified atom stereocenters. The lowest BCUT2D eigenvalue weighted by atomic mass is 10.0. The van der Waals surface area contributed by atoms with Crippen molar-refractivity contribution in [1.29, 1.82) is 0 Å². The first-order valence-electron chi connectivity index (χ1n) is 5.81. The summed E-state index contributed by atoms with van der Waals surface area (Å²) in [5.41, 5.74) is 0. The summed E-state index contributed by atoms with van der Waals surface area (Å²) in [4.78, 5) is 14.0. The average Bonchev–Trinajstić information content (AvgIpc) is 2.68. The van der Waals surface area contributed by atoms with Crippen LogP contribution in [0, 0.1) is 17.8 Å². The summed E-state index contributed by atoms with van der Waals surface area (Å²) in [5, 5.41) is 3.32. The number of nitrogens with one attached hydrogen (secondary N) is 1. The number of likely N-dealkylation sites (tertiary alicyclic amines) is 1. The largest absolute Gasteiger partial charge is 0.342 e. The van der Waals surface area contributed by atoms with Crippen LogP contribution in [-0.2, 0) is 4.79 Å². The Labute approximate surface area is 84.8 Å². The first-order chi connectivity index (χ1) is 6.83. The van der Waals surface area contributed by atoms with E-state index < -0.39 is 0 Å². The molecule has 0 radical (unpaired) electrons. The Kier molecular flexibility index (Phi) is 2.01. The summed E-state index contributed by atoms with van der Waals surface area (Å²) in [6.45, 7) is 4.27. The molecule has 3 aliphatic rings. The maximum Gasteiger partial charge on any atom is 0.222 e. The van der Waals surface area contributed by atoms with E-state index in [2.05, 4.69) is 10.2 Å². The van der Waals surface area contributed by atoms with Crippen LogP contribution in [0.1, 0.15) is 19.3 Å². The SMILES string of the molecule is O=C(CC1CCNC1)N1CC2CC2C1. The molecule has 0 aromatic carbocycles. The van der Waals surface area contributed by atoms with Crippen molar-refractivity contribution in [3.63, 3.8) is 0 Å². The van der Waals surface area contributed by atoms with Crippen molar-refractivity contribution in [3.8, 4) is 0 Å². The molecule has 3 fully saturated rings. The lowest BCUT2D eigenvalue weighted by Gasteiger charge is -2.19. The molecule has 0 aromatic rings. The summed E-state index contributed by atoms with van der Waals surface area (Å²) in [7, 11) is 0. The van der Waals surface area contributed by atoms with Crippen molar-refractivity contribution in [2.75, 3.05) is 26.2 Å². The normalized spacial score (nSPS) is 40.0. The summed E-state index contributed by atoms with van der Waals surface area (Å²) >= 11 is 0. The number of amides is 1.